The smallest absolute Gasteiger partial charge is 0.224 e. The van der Waals surface area contributed by atoms with Crippen LogP contribution in [0.5, 0.6) is 5.75 Å². The zero-order chi connectivity index (χ0) is 16.1. The highest BCUT2D eigenvalue weighted by Gasteiger charge is 2.10. The third kappa shape index (κ3) is 4.17. The second kappa shape index (κ2) is 7.22. The molecule has 0 atom stereocenters. The number of phenolic OH excluding ortho intramolecular Hbond substituents is 1. The Bertz CT molecular complexity index is 706. The van der Waals surface area contributed by atoms with Crippen LogP contribution in [0.2, 0.25) is 0 Å². The predicted molar refractivity (Wildman–Crippen MR) is 86.3 cm³/mol. The second-order valence-corrected chi connectivity index (χ2v) is 5.74. The Hall–Kier alpha value is -2.15. The molecule has 0 bridgehead atoms. The van der Waals surface area contributed by atoms with Gasteiger partial charge in [0, 0.05) is 19.0 Å². The van der Waals surface area contributed by atoms with Crippen LogP contribution in [0.15, 0.2) is 24.3 Å². The maximum Gasteiger partial charge on any atom is 0.224 e. The van der Waals surface area contributed by atoms with Crippen molar-refractivity contribution >= 4 is 18.1 Å². The maximum atomic E-state index is 11.9. The molecule has 3 N–H and O–H groups in total. The maximum absolute atomic E-state index is 11.9. The standard InChI is InChI=1S/C15H20N4O2S/c1-10(2)19-13(17-18-15(19)22)6-7-16-14(21)9-11-4-3-5-12(20)8-11/h3-5,8,10,20H,6-7,9H2,1-2H3,(H,16,21)(H,18,22). The van der Waals surface area contributed by atoms with E-state index in [1.54, 1.807) is 18.2 Å². The number of nitrogens with one attached hydrogen (secondary N) is 2. The number of phenols is 1. The lowest BCUT2D eigenvalue weighted by Gasteiger charge is -2.10. The zero-order valence-electron chi connectivity index (χ0n) is 12.7. The summed E-state index contributed by atoms with van der Waals surface area (Å²) in [5.41, 5.74) is 0.780. The molecule has 0 aliphatic carbocycles. The van der Waals surface area contributed by atoms with Crippen LogP contribution in [0.3, 0.4) is 0 Å². The van der Waals surface area contributed by atoms with Gasteiger partial charge in [-0.15, -0.1) is 0 Å². The van der Waals surface area contributed by atoms with Gasteiger partial charge >= 0.3 is 0 Å². The van der Waals surface area contributed by atoms with E-state index in [-0.39, 0.29) is 24.1 Å². The highest BCUT2D eigenvalue weighted by molar-refractivity contribution is 7.71. The summed E-state index contributed by atoms with van der Waals surface area (Å²) in [7, 11) is 0. The van der Waals surface area contributed by atoms with E-state index < -0.39 is 0 Å². The molecule has 0 saturated heterocycles. The molecule has 0 aliphatic rings. The van der Waals surface area contributed by atoms with Crippen molar-refractivity contribution in [3.8, 4) is 5.75 Å². The van der Waals surface area contributed by atoms with E-state index >= 15 is 0 Å². The van der Waals surface area contributed by atoms with E-state index in [1.807, 2.05) is 24.5 Å². The number of aromatic nitrogens is 3. The average molecular weight is 320 g/mol. The van der Waals surface area contributed by atoms with Crippen molar-refractivity contribution in [1.29, 1.82) is 0 Å². The van der Waals surface area contributed by atoms with E-state index in [9.17, 15) is 9.90 Å². The number of rotatable bonds is 6. The SMILES string of the molecule is CC(C)n1c(CCNC(=O)Cc2cccc(O)c2)n[nH]c1=S. The summed E-state index contributed by atoms with van der Waals surface area (Å²) in [6.45, 7) is 4.56. The molecule has 0 radical (unpaired) electrons. The lowest BCUT2D eigenvalue weighted by molar-refractivity contribution is -0.120. The monoisotopic (exact) mass is 320 g/mol. The number of aromatic amines is 1. The van der Waals surface area contributed by atoms with Gasteiger partial charge in [0.2, 0.25) is 5.91 Å². The highest BCUT2D eigenvalue weighted by atomic mass is 32.1. The molecule has 2 aromatic rings. The molecule has 0 fully saturated rings. The second-order valence-electron chi connectivity index (χ2n) is 5.36. The Balaban J connectivity index is 1.86. The molecule has 6 nitrogen and oxygen atoms in total. The molecule has 0 aliphatic heterocycles. The fourth-order valence-electron chi connectivity index (χ4n) is 2.27. The first-order valence-electron chi connectivity index (χ1n) is 7.17. The summed E-state index contributed by atoms with van der Waals surface area (Å²) in [6.07, 6.45) is 0.850. The Morgan fingerprint density at radius 3 is 2.95 bits per heavy atom. The first kappa shape index (κ1) is 16.2. The van der Waals surface area contributed by atoms with Gasteiger partial charge in [0.15, 0.2) is 4.77 Å². The summed E-state index contributed by atoms with van der Waals surface area (Å²) in [5, 5.41) is 19.2. The van der Waals surface area contributed by atoms with Crippen molar-refractivity contribution in [1.82, 2.24) is 20.1 Å². The Labute approximate surface area is 134 Å². The molecule has 1 aromatic carbocycles. The number of benzene rings is 1. The minimum Gasteiger partial charge on any atom is -0.508 e. The summed E-state index contributed by atoms with van der Waals surface area (Å²) in [5.74, 6) is 0.909. The molecule has 0 unspecified atom stereocenters. The largest absolute Gasteiger partial charge is 0.508 e. The van der Waals surface area contributed by atoms with Crippen LogP contribution in [0.4, 0.5) is 0 Å². The van der Waals surface area contributed by atoms with Crippen LogP contribution in [-0.4, -0.2) is 32.3 Å². The molecule has 7 heteroatoms. The van der Waals surface area contributed by atoms with Gasteiger partial charge < -0.3 is 15.0 Å². The number of amides is 1. The molecule has 1 amide bonds. The fraction of sp³-hybridized carbons (Fsp3) is 0.400. The van der Waals surface area contributed by atoms with Gasteiger partial charge in [0.25, 0.3) is 0 Å². The topological polar surface area (TPSA) is 82.9 Å². The summed E-state index contributed by atoms with van der Waals surface area (Å²) < 4.78 is 2.53. The Kier molecular flexibility index (Phi) is 5.32. The number of H-pyrrole nitrogens is 1. The van der Waals surface area contributed by atoms with Gasteiger partial charge in [-0.05, 0) is 43.8 Å². The van der Waals surface area contributed by atoms with Gasteiger partial charge in [0.05, 0.1) is 6.42 Å². The number of carbonyl (C=O) groups is 1. The van der Waals surface area contributed by atoms with Gasteiger partial charge in [-0.25, -0.2) is 0 Å². The summed E-state index contributed by atoms with van der Waals surface area (Å²) >= 11 is 5.18. The molecule has 118 valence electrons. The van der Waals surface area contributed by atoms with Crippen molar-refractivity contribution < 1.29 is 9.90 Å². The first-order valence-corrected chi connectivity index (χ1v) is 7.58. The molecule has 1 aromatic heterocycles. The molecule has 0 spiro atoms. The van der Waals surface area contributed by atoms with Crippen molar-refractivity contribution in [3.05, 3.63) is 40.4 Å². The van der Waals surface area contributed by atoms with Gasteiger partial charge in [-0.3, -0.25) is 9.89 Å². The van der Waals surface area contributed by atoms with Crippen LogP contribution in [-0.2, 0) is 17.6 Å². The molecule has 22 heavy (non-hydrogen) atoms. The van der Waals surface area contributed by atoms with E-state index in [2.05, 4.69) is 15.5 Å². The number of carbonyl (C=O) groups excluding carboxylic acids is 1. The number of hydrogen-bond donors (Lipinski definition) is 3. The van der Waals surface area contributed by atoms with Gasteiger partial charge in [-0.1, -0.05) is 12.1 Å². The molecule has 0 saturated carbocycles. The van der Waals surface area contributed by atoms with Crippen molar-refractivity contribution in [2.75, 3.05) is 6.54 Å². The Morgan fingerprint density at radius 2 is 2.27 bits per heavy atom. The van der Waals surface area contributed by atoms with E-state index in [4.69, 9.17) is 12.2 Å². The number of nitrogens with zero attached hydrogens (tertiary/aromatic N) is 2. The zero-order valence-corrected chi connectivity index (χ0v) is 13.5. The first-order chi connectivity index (χ1) is 10.5. The summed E-state index contributed by atoms with van der Waals surface area (Å²) in [6, 6.07) is 6.92. The number of hydrogen-bond acceptors (Lipinski definition) is 4. The minimum atomic E-state index is -0.0872. The average Bonchev–Trinajstić information content (AvgIpc) is 2.80. The fourth-order valence-corrected chi connectivity index (χ4v) is 2.64. The van der Waals surface area contributed by atoms with Crippen LogP contribution in [0, 0.1) is 4.77 Å². The summed E-state index contributed by atoms with van der Waals surface area (Å²) in [4.78, 5) is 11.9. The van der Waals surface area contributed by atoms with Crippen molar-refractivity contribution in [2.24, 2.45) is 0 Å². The molecular formula is C15H20N4O2S. The number of aromatic hydroxyl groups is 1. The quantitative estimate of drug-likeness (QED) is 0.712. The van der Waals surface area contributed by atoms with Crippen LogP contribution >= 0.6 is 12.2 Å². The van der Waals surface area contributed by atoms with Crippen LogP contribution < -0.4 is 5.32 Å². The lowest BCUT2D eigenvalue weighted by Crippen LogP contribution is -2.28. The molecule has 1 heterocycles. The van der Waals surface area contributed by atoms with Gasteiger partial charge in [-0.2, -0.15) is 5.10 Å². The van der Waals surface area contributed by atoms with Crippen molar-refractivity contribution in [3.63, 3.8) is 0 Å². The predicted octanol–water partition coefficient (Wildman–Crippen LogP) is 2.13. The third-order valence-electron chi connectivity index (χ3n) is 3.24. The molecule has 2 rings (SSSR count). The van der Waals surface area contributed by atoms with Crippen LogP contribution in [0.1, 0.15) is 31.3 Å². The minimum absolute atomic E-state index is 0.0872. The van der Waals surface area contributed by atoms with E-state index in [0.29, 0.717) is 17.7 Å². The van der Waals surface area contributed by atoms with Gasteiger partial charge in [0.1, 0.15) is 11.6 Å². The van der Waals surface area contributed by atoms with Crippen molar-refractivity contribution in [2.45, 2.75) is 32.7 Å². The molecular weight excluding hydrogens is 300 g/mol. The van der Waals surface area contributed by atoms with Crippen LogP contribution in [0.25, 0.3) is 0 Å². The van der Waals surface area contributed by atoms with E-state index in [0.717, 1.165) is 11.4 Å². The lowest BCUT2D eigenvalue weighted by atomic mass is 10.1. The normalized spacial score (nSPS) is 10.9. The third-order valence-corrected chi connectivity index (χ3v) is 3.53. The Morgan fingerprint density at radius 1 is 1.50 bits per heavy atom. The highest BCUT2D eigenvalue weighted by Crippen LogP contribution is 2.11. The van der Waals surface area contributed by atoms with E-state index in [1.165, 1.54) is 0 Å².